The number of halogens is 1. The number of nitrogens with zero attached hydrogens (tertiary/aromatic N) is 1. The number of amides is 3. The molecule has 2 aromatic rings. The van der Waals surface area contributed by atoms with Gasteiger partial charge in [0, 0.05) is 12.6 Å². The van der Waals surface area contributed by atoms with Crippen LogP contribution in [-0.4, -0.2) is 35.0 Å². The average Bonchev–Trinajstić information content (AvgIpc) is 2.71. The molecule has 9 heteroatoms. The average molecular weight is 433 g/mol. The van der Waals surface area contributed by atoms with Gasteiger partial charge >= 0.3 is 6.09 Å². The van der Waals surface area contributed by atoms with Crippen molar-refractivity contribution in [1.29, 1.82) is 0 Å². The second-order valence-electron chi connectivity index (χ2n) is 7.08. The summed E-state index contributed by atoms with van der Waals surface area (Å²) in [6.45, 7) is 3.61. The van der Waals surface area contributed by atoms with E-state index < -0.39 is 30.0 Å². The molecule has 0 fully saturated rings. The van der Waals surface area contributed by atoms with E-state index in [1.54, 1.807) is 26.0 Å². The lowest BCUT2D eigenvalue weighted by Crippen LogP contribution is -2.55. The number of nitrogens with one attached hydrogen (secondary N) is 2. The fraction of sp³-hybridized carbons (Fsp3) is 0.333. The highest BCUT2D eigenvalue weighted by Crippen LogP contribution is 2.09. The summed E-state index contributed by atoms with van der Waals surface area (Å²) in [7, 11) is 0. The quantitative estimate of drug-likeness (QED) is 0.524. The van der Waals surface area contributed by atoms with Crippen LogP contribution < -0.4 is 16.4 Å². The summed E-state index contributed by atoms with van der Waals surface area (Å²) in [5.41, 5.74) is 6.94. The number of carbonyl (C=O) groups is 3. The smallest absolute Gasteiger partial charge is 0.408 e. The predicted octanol–water partition coefficient (Wildman–Crippen LogP) is 2.20. The first-order chi connectivity index (χ1) is 14.3. The summed E-state index contributed by atoms with van der Waals surface area (Å²) in [5.74, 6) is -1.49. The van der Waals surface area contributed by atoms with E-state index in [1.807, 2.05) is 30.3 Å². The van der Waals surface area contributed by atoms with E-state index in [9.17, 15) is 14.4 Å². The van der Waals surface area contributed by atoms with Crippen LogP contribution in [0.5, 0.6) is 0 Å². The van der Waals surface area contributed by atoms with Crippen LogP contribution in [0.15, 0.2) is 48.7 Å². The SMILES string of the molecule is CC(C)[C@H](NC(=O)OCc1ccccc1)C(=O)N[C@@H](Cc1ccc(Cl)nc1)C(N)=O. The number of nitrogens with two attached hydrogens (primary N) is 1. The maximum absolute atomic E-state index is 12.7. The second kappa shape index (κ2) is 11.2. The van der Waals surface area contributed by atoms with E-state index in [0.717, 1.165) is 5.56 Å². The third-order valence-electron chi connectivity index (χ3n) is 4.32. The fourth-order valence-electron chi connectivity index (χ4n) is 2.67. The Labute approximate surface area is 180 Å². The number of pyridine rings is 1. The Hall–Kier alpha value is -3.13. The van der Waals surface area contributed by atoms with Gasteiger partial charge in [0.05, 0.1) is 0 Å². The van der Waals surface area contributed by atoms with E-state index >= 15 is 0 Å². The van der Waals surface area contributed by atoms with Gasteiger partial charge in [-0.2, -0.15) is 0 Å². The number of hydrogen-bond acceptors (Lipinski definition) is 5. The van der Waals surface area contributed by atoms with E-state index in [4.69, 9.17) is 22.1 Å². The fourth-order valence-corrected chi connectivity index (χ4v) is 2.79. The van der Waals surface area contributed by atoms with Crippen molar-refractivity contribution >= 4 is 29.5 Å². The zero-order valence-electron chi connectivity index (χ0n) is 16.8. The lowest BCUT2D eigenvalue weighted by Gasteiger charge is -2.24. The van der Waals surface area contributed by atoms with Crippen LogP contribution in [0.3, 0.4) is 0 Å². The third kappa shape index (κ3) is 7.36. The molecule has 30 heavy (non-hydrogen) atoms. The normalized spacial score (nSPS) is 12.7. The Morgan fingerprint density at radius 1 is 1.07 bits per heavy atom. The minimum atomic E-state index is -0.969. The maximum atomic E-state index is 12.7. The van der Waals surface area contributed by atoms with Gasteiger partial charge < -0.3 is 21.1 Å². The van der Waals surface area contributed by atoms with Crippen molar-refractivity contribution in [3.8, 4) is 0 Å². The van der Waals surface area contributed by atoms with Gasteiger partial charge in [0.15, 0.2) is 0 Å². The molecule has 0 bridgehead atoms. The topological polar surface area (TPSA) is 123 Å². The van der Waals surface area contributed by atoms with Crippen molar-refractivity contribution in [2.75, 3.05) is 0 Å². The molecule has 0 aliphatic carbocycles. The van der Waals surface area contributed by atoms with Crippen molar-refractivity contribution in [1.82, 2.24) is 15.6 Å². The van der Waals surface area contributed by atoms with E-state index in [0.29, 0.717) is 10.7 Å². The Morgan fingerprint density at radius 2 is 1.77 bits per heavy atom. The number of alkyl carbamates (subject to hydrolysis) is 1. The van der Waals surface area contributed by atoms with Crippen LogP contribution in [0.25, 0.3) is 0 Å². The summed E-state index contributed by atoms with van der Waals surface area (Å²) in [6, 6.07) is 10.6. The number of hydrogen-bond donors (Lipinski definition) is 3. The van der Waals surface area contributed by atoms with E-state index in [-0.39, 0.29) is 18.9 Å². The van der Waals surface area contributed by atoms with Gasteiger partial charge in [0.25, 0.3) is 0 Å². The monoisotopic (exact) mass is 432 g/mol. The summed E-state index contributed by atoms with van der Waals surface area (Å²) in [5, 5.41) is 5.46. The Bertz CT molecular complexity index is 859. The molecule has 3 amide bonds. The minimum absolute atomic E-state index is 0.0760. The van der Waals surface area contributed by atoms with Gasteiger partial charge in [-0.1, -0.05) is 61.8 Å². The molecule has 8 nitrogen and oxygen atoms in total. The Kier molecular flexibility index (Phi) is 8.61. The van der Waals surface area contributed by atoms with Crippen LogP contribution in [0.2, 0.25) is 5.15 Å². The molecule has 2 rings (SSSR count). The first-order valence-electron chi connectivity index (χ1n) is 9.43. The number of benzene rings is 1. The van der Waals surface area contributed by atoms with Crippen LogP contribution in [0.4, 0.5) is 4.79 Å². The first-order valence-corrected chi connectivity index (χ1v) is 9.81. The molecule has 160 valence electrons. The van der Waals surface area contributed by atoms with Crippen molar-refractivity contribution in [3.63, 3.8) is 0 Å². The number of aromatic nitrogens is 1. The molecule has 0 unspecified atom stereocenters. The standard InChI is InChI=1S/C21H25ClN4O4/c1-13(2)18(26-21(29)30-12-14-6-4-3-5-7-14)20(28)25-16(19(23)27)10-15-8-9-17(22)24-11-15/h3-9,11,13,16,18H,10,12H2,1-2H3,(H2,23,27)(H,25,28)(H,26,29)/t16-,18-/m0/s1. The predicted molar refractivity (Wildman–Crippen MR) is 112 cm³/mol. The molecule has 4 N–H and O–H groups in total. The molecule has 0 spiro atoms. The van der Waals surface area contributed by atoms with Gasteiger partial charge in [-0.05, 0) is 23.1 Å². The Morgan fingerprint density at radius 3 is 2.33 bits per heavy atom. The molecule has 2 atom stereocenters. The van der Waals surface area contributed by atoms with E-state index in [2.05, 4.69) is 15.6 Å². The molecule has 0 saturated carbocycles. The highest BCUT2D eigenvalue weighted by atomic mass is 35.5. The summed E-state index contributed by atoms with van der Waals surface area (Å²) < 4.78 is 5.18. The van der Waals surface area contributed by atoms with Crippen LogP contribution in [0, 0.1) is 5.92 Å². The Balaban J connectivity index is 1.97. The maximum Gasteiger partial charge on any atom is 0.408 e. The highest BCUT2D eigenvalue weighted by molar-refractivity contribution is 6.29. The van der Waals surface area contributed by atoms with E-state index in [1.165, 1.54) is 6.20 Å². The van der Waals surface area contributed by atoms with Crippen LogP contribution in [-0.2, 0) is 27.4 Å². The molecule has 0 aliphatic rings. The van der Waals surface area contributed by atoms with Crippen LogP contribution in [0.1, 0.15) is 25.0 Å². The van der Waals surface area contributed by atoms with Gasteiger partial charge in [-0.25, -0.2) is 9.78 Å². The van der Waals surface area contributed by atoms with Crippen molar-refractivity contribution in [3.05, 3.63) is 64.9 Å². The third-order valence-corrected chi connectivity index (χ3v) is 4.55. The molecular formula is C21H25ClN4O4. The largest absolute Gasteiger partial charge is 0.445 e. The number of ether oxygens (including phenoxy) is 1. The van der Waals surface area contributed by atoms with Crippen molar-refractivity contribution in [2.45, 2.75) is 39.0 Å². The number of primary amides is 1. The summed E-state index contributed by atoms with van der Waals surface area (Å²) in [4.78, 5) is 40.7. The zero-order valence-corrected chi connectivity index (χ0v) is 17.6. The van der Waals surface area contributed by atoms with Gasteiger partial charge in [-0.15, -0.1) is 0 Å². The summed E-state index contributed by atoms with van der Waals surface area (Å²) in [6.07, 6.45) is 0.920. The number of carbonyl (C=O) groups excluding carboxylic acids is 3. The first kappa shape index (κ1) is 23.2. The van der Waals surface area contributed by atoms with Gasteiger partial charge in [0.2, 0.25) is 11.8 Å². The summed E-state index contributed by atoms with van der Waals surface area (Å²) >= 11 is 5.76. The minimum Gasteiger partial charge on any atom is -0.445 e. The van der Waals surface area contributed by atoms with Crippen LogP contribution >= 0.6 is 11.6 Å². The molecule has 0 saturated heterocycles. The molecular weight excluding hydrogens is 408 g/mol. The van der Waals surface area contributed by atoms with Gasteiger partial charge in [-0.3, -0.25) is 9.59 Å². The molecule has 1 aromatic carbocycles. The second-order valence-corrected chi connectivity index (χ2v) is 7.47. The molecule has 0 radical (unpaired) electrons. The highest BCUT2D eigenvalue weighted by Gasteiger charge is 2.28. The molecule has 1 aromatic heterocycles. The lowest BCUT2D eigenvalue weighted by molar-refractivity contribution is -0.129. The molecule has 1 heterocycles. The molecule has 0 aliphatic heterocycles. The lowest BCUT2D eigenvalue weighted by atomic mass is 10.0. The zero-order chi connectivity index (χ0) is 22.1. The number of rotatable bonds is 9. The van der Waals surface area contributed by atoms with Crippen molar-refractivity contribution in [2.24, 2.45) is 11.7 Å². The van der Waals surface area contributed by atoms with Crippen molar-refractivity contribution < 1.29 is 19.1 Å². The van der Waals surface area contributed by atoms with Gasteiger partial charge in [0.1, 0.15) is 23.8 Å².